The van der Waals surface area contributed by atoms with Crippen LogP contribution in [0.4, 0.5) is 0 Å². The van der Waals surface area contributed by atoms with Crippen LogP contribution >= 0.6 is 0 Å². The average molecular weight is 933 g/mol. The minimum Gasteiger partial charge on any atom is -0.492 e. The molecule has 4 aliphatic carbocycles. The first-order valence-electron chi connectivity index (χ1n) is 23.9. The summed E-state index contributed by atoms with van der Waals surface area (Å²) in [6.45, 7) is 7.43. The molecule has 0 amide bonds. The molecule has 4 saturated heterocycles. The third-order valence-electron chi connectivity index (χ3n) is 17.8. The van der Waals surface area contributed by atoms with Crippen LogP contribution in [0.25, 0.3) is 0 Å². The van der Waals surface area contributed by atoms with Gasteiger partial charge in [-0.2, -0.15) is 0 Å². The smallest absolute Gasteiger partial charge is 0.187 e. The largest absolute Gasteiger partial charge is 0.492 e. The van der Waals surface area contributed by atoms with E-state index < -0.39 is 118 Å². The topological polar surface area (TPSA) is 296 Å². The molecule has 0 aromatic carbocycles. The summed E-state index contributed by atoms with van der Waals surface area (Å²) in [7, 11) is 1.76. The molecule has 8 fully saturated rings. The lowest BCUT2D eigenvalue weighted by Gasteiger charge is -2.61. The van der Waals surface area contributed by atoms with E-state index in [-0.39, 0.29) is 41.5 Å². The molecule has 8 aliphatic rings. The molecule has 26 atom stereocenters. The van der Waals surface area contributed by atoms with Crippen LogP contribution in [0, 0.1) is 46.3 Å². The van der Waals surface area contributed by atoms with Gasteiger partial charge in [0.1, 0.15) is 90.7 Å². The van der Waals surface area contributed by atoms with Crippen molar-refractivity contribution >= 4 is 0 Å². The Morgan fingerprint density at radius 2 is 1.23 bits per heavy atom. The van der Waals surface area contributed by atoms with E-state index in [1.54, 1.807) is 7.11 Å². The molecule has 4 aliphatic heterocycles. The van der Waals surface area contributed by atoms with Gasteiger partial charge in [-0.25, -0.2) is 0 Å². The van der Waals surface area contributed by atoms with Crippen molar-refractivity contribution in [1.82, 2.24) is 0 Å². The number of fused-ring (bicyclic) bond motifs is 7. The predicted molar refractivity (Wildman–Crippen MR) is 224 cm³/mol. The number of aliphatic hydroxyl groups is 11. The van der Waals surface area contributed by atoms with E-state index in [1.807, 2.05) is 6.92 Å². The van der Waals surface area contributed by atoms with E-state index in [9.17, 15) is 56.2 Å². The second kappa shape index (κ2) is 19.5. The summed E-state index contributed by atoms with van der Waals surface area (Å²) in [5, 5.41) is 113. The molecule has 374 valence electrons. The third-order valence-corrected chi connectivity index (χ3v) is 17.8. The van der Waals surface area contributed by atoms with Crippen LogP contribution in [0.15, 0.2) is 11.8 Å². The maximum atomic E-state index is 11.2. The molecule has 65 heavy (non-hydrogen) atoms. The number of hydrogen-bond acceptors (Lipinski definition) is 19. The highest BCUT2D eigenvalue weighted by Crippen LogP contribution is 2.71. The number of ether oxygens (including phenoxy) is 8. The molecule has 4 saturated carbocycles. The fraction of sp³-hybridized carbons (Fsp3) is 0.957. The highest BCUT2D eigenvalue weighted by molar-refractivity contribution is 5.26. The normalized spacial score (nSPS) is 54.3. The molecule has 0 spiro atoms. The predicted octanol–water partition coefficient (Wildman–Crippen LogP) is -1.20. The van der Waals surface area contributed by atoms with Gasteiger partial charge >= 0.3 is 0 Å². The molecule has 0 aromatic heterocycles. The van der Waals surface area contributed by atoms with Gasteiger partial charge in [-0.1, -0.05) is 20.8 Å². The van der Waals surface area contributed by atoms with Gasteiger partial charge in [0, 0.05) is 13.0 Å². The van der Waals surface area contributed by atoms with Crippen molar-refractivity contribution in [3.05, 3.63) is 11.8 Å². The maximum absolute atomic E-state index is 11.2. The lowest BCUT2D eigenvalue weighted by molar-refractivity contribution is -0.373. The molecule has 19 heteroatoms. The van der Waals surface area contributed by atoms with E-state index in [2.05, 4.69) is 26.8 Å². The van der Waals surface area contributed by atoms with E-state index in [0.29, 0.717) is 36.5 Å². The van der Waals surface area contributed by atoms with Crippen LogP contribution in [-0.2, 0) is 37.9 Å². The van der Waals surface area contributed by atoms with Crippen LogP contribution in [-0.4, -0.2) is 200 Å². The Bertz CT molecular complexity index is 1640. The summed E-state index contributed by atoms with van der Waals surface area (Å²) in [6, 6.07) is 0. The van der Waals surface area contributed by atoms with E-state index in [4.69, 9.17) is 37.9 Å². The Morgan fingerprint density at radius 3 is 1.86 bits per heavy atom. The minimum atomic E-state index is -1.75. The fourth-order valence-electron chi connectivity index (χ4n) is 14.0. The number of hydrogen-bond donors (Lipinski definition) is 11. The number of aliphatic hydroxyl groups excluding tert-OH is 11. The summed E-state index contributed by atoms with van der Waals surface area (Å²) in [4.78, 5) is 0. The Morgan fingerprint density at radius 1 is 0.646 bits per heavy atom. The SMILES string of the molecule is CO[C@]1(C)/C(=C/C[C@@H](C)CO[C@@H]2O[C@H](CO)[C@@H](O)[C@H](O)[C@H]2O)O[C@H]2C[C@H]3[C@@H]4CC[C@@H]5C[C@@H](O[C@@H]6O[C@H](CO)[C@H](O)[C@H](O)[C@H]6O[C@@H]6O[C@H](CO)[C@@H](O)[C@H](O)[C@H]6O)CC[C@]5(C)[C@H]4CC[C@]3(C)[C@H]21. The zero-order valence-corrected chi connectivity index (χ0v) is 38.2. The number of methoxy groups -OCH3 is 1. The summed E-state index contributed by atoms with van der Waals surface area (Å²) in [5.41, 5.74) is -0.606. The van der Waals surface area contributed by atoms with Crippen molar-refractivity contribution in [2.24, 2.45) is 46.3 Å². The van der Waals surface area contributed by atoms with Crippen molar-refractivity contribution in [2.45, 2.75) is 195 Å². The van der Waals surface area contributed by atoms with Gasteiger partial charge in [-0.15, -0.1) is 0 Å². The number of allylic oxidation sites excluding steroid dienone is 1. The van der Waals surface area contributed by atoms with Gasteiger partial charge in [0.05, 0.1) is 32.5 Å². The summed E-state index contributed by atoms with van der Waals surface area (Å²) < 4.78 is 48.7. The van der Waals surface area contributed by atoms with Crippen molar-refractivity contribution in [3.8, 4) is 0 Å². The fourth-order valence-corrected chi connectivity index (χ4v) is 14.0. The average Bonchev–Trinajstić information content (AvgIpc) is 3.77. The van der Waals surface area contributed by atoms with Crippen molar-refractivity contribution in [2.75, 3.05) is 33.5 Å². The monoisotopic (exact) mass is 932 g/mol. The first-order chi connectivity index (χ1) is 30.8. The zero-order valence-electron chi connectivity index (χ0n) is 38.2. The molecule has 0 unspecified atom stereocenters. The minimum absolute atomic E-state index is 0.000500. The zero-order chi connectivity index (χ0) is 46.9. The molecule has 11 N–H and O–H groups in total. The van der Waals surface area contributed by atoms with Crippen LogP contribution in [0.3, 0.4) is 0 Å². The van der Waals surface area contributed by atoms with Gasteiger partial charge in [-0.05, 0) is 111 Å². The first kappa shape index (κ1) is 50.2. The quantitative estimate of drug-likeness (QED) is 0.0967. The Kier molecular flexibility index (Phi) is 15.1. The summed E-state index contributed by atoms with van der Waals surface area (Å²) >= 11 is 0. The Balaban J connectivity index is 0.898. The van der Waals surface area contributed by atoms with Crippen molar-refractivity contribution in [3.63, 3.8) is 0 Å². The maximum Gasteiger partial charge on any atom is 0.187 e. The van der Waals surface area contributed by atoms with Gasteiger partial charge < -0.3 is 94.1 Å². The van der Waals surface area contributed by atoms with Gasteiger partial charge in [0.2, 0.25) is 0 Å². The van der Waals surface area contributed by atoms with Crippen LogP contribution < -0.4 is 0 Å². The molecular formula is C46H76O19. The van der Waals surface area contributed by atoms with Crippen molar-refractivity contribution in [1.29, 1.82) is 0 Å². The Labute approximate surface area is 380 Å². The van der Waals surface area contributed by atoms with E-state index >= 15 is 0 Å². The lowest BCUT2D eigenvalue weighted by Crippen LogP contribution is -2.65. The van der Waals surface area contributed by atoms with Crippen LogP contribution in [0.1, 0.15) is 85.5 Å². The van der Waals surface area contributed by atoms with Gasteiger partial charge in [0.25, 0.3) is 0 Å². The Hall–Kier alpha value is -1.18. The lowest BCUT2D eigenvalue weighted by atomic mass is 9.44. The standard InChI is InChI=1S/C46H76O19/c1-20(19-59-41-37(56)34(53)31(50)27(16-47)62-41)6-9-30-46(4,58-5)40-26(61-30)15-25-23-8-7-21-14-22(10-12-44(21,2)24(23)11-13-45(25,40)3)60-43-39(36(55)33(52)29(18-49)64-43)65-42-38(57)35(54)32(51)28(17-48)63-42/h9,20-29,31-43,47-57H,6-8,10-19H2,1-5H3/b30-9-/t20-,21-,22+,23-,24+,25+,26+,27-,28-,29-,31-,32-,33+,34+,35+,36+,37-,38-,39-,40+,41-,42+,43-,44+,45+,46-/m1/s1. The van der Waals surface area contributed by atoms with Crippen LogP contribution in [0.5, 0.6) is 0 Å². The van der Waals surface area contributed by atoms with Gasteiger partial charge in [-0.3, -0.25) is 0 Å². The molecule has 0 aromatic rings. The molecule has 8 rings (SSSR count). The summed E-state index contributed by atoms with van der Waals surface area (Å²) in [5.74, 6) is 2.74. The second-order valence-electron chi connectivity index (χ2n) is 21.4. The number of rotatable bonds is 13. The highest BCUT2D eigenvalue weighted by Gasteiger charge is 2.70. The molecule has 19 nitrogen and oxygen atoms in total. The molecule has 0 radical (unpaired) electrons. The highest BCUT2D eigenvalue weighted by atomic mass is 16.8. The first-order valence-corrected chi connectivity index (χ1v) is 23.9. The van der Waals surface area contributed by atoms with Gasteiger partial charge in [0.15, 0.2) is 18.9 Å². The van der Waals surface area contributed by atoms with E-state index in [1.165, 1.54) is 0 Å². The van der Waals surface area contributed by atoms with Crippen molar-refractivity contribution < 1.29 is 94.1 Å². The third kappa shape index (κ3) is 8.77. The van der Waals surface area contributed by atoms with E-state index in [0.717, 1.165) is 50.7 Å². The van der Waals surface area contributed by atoms with Crippen LogP contribution in [0.2, 0.25) is 0 Å². The molecule has 0 bridgehead atoms. The molecular weight excluding hydrogens is 856 g/mol. The summed E-state index contributed by atoms with van der Waals surface area (Å²) in [6.07, 6.45) is -11.8. The molecule has 4 heterocycles. The second-order valence-corrected chi connectivity index (χ2v) is 21.4.